The zero-order valence-corrected chi connectivity index (χ0v) is 18.6. The summed E-state index contributed by atoms with van der Waals surface area (Å²) < 4.78 is 0. The van der Waals surface area contributed by atoms with Gasteiger partial charge in [-0.25, -0.2) is 0 Å². The molecule has 0 aliphatic carbocycles. The van der Waals surface area contributed by atoms with Gasteiger partial charge in [-0.1, -0.05) is 0 Å². The molecule has 0 heterocycles. The minimum atomic E-state index is -1.13. The van der Waals surface area contributed by atoms with E-state index in [0.29, 0.717) is 0 Å². The van der Waals surface area contributed by atoms with Crippen LogP contribution in [-0.4, -0.2) is 24.6 Å². The van der Waals surface area contributed by atoms with E-state index in [1.54, 1.807) is 24.6 Å². The first-order chi connectivity index (χ1) is 12.2. The zero-order chi connectivity index (χ0) is 18.6. The normalized spacial score (nSPS) is 13.9. The SMILES string of the molecule is C/C=C/CCC[PH](CCC/C=C/C)(CCC/C=C/C)CCC/C=C/C. The summed E-state index contributed by atoms with van der Waals surface area (Å²) in [6.45, 7) is 8.59. The summed E-state index contributed by atoms with van der Waals surface area (Å²) in [7, 11) is -1.13. The summed E-state index contributed by atoms with van der Waals surface area (Å²) in [6, 6.07) is 0. The van der Waals surface area contributed by atoms with Gasteiger partial charge in [0.05, 0.1) is 0 Å². The maximum atomic E-state index is 2.36. The first kappa shape index (κ1) is 24.4. The van der Waals surface area contributed by atoms with Gasteiger partial charge in [-0.05, 0) is 0 Å². The maximum absolute atomic E-state index is 2.36. The summed E-state index contributed by atoms with van der Waals surface area (Å²) in [4.78, 5) is 0. The molecule has 0 aromatic rings. The first-order valence-corrected chi connectivity index (χ1v) is 13.5. The zero-order valence-electron chi connectivity index (χ0n) is 17.6. The van der Waals surface area contributed by atoms with E-state index in [2.05, 4.69) is 76.3 Å². The number of hydrogen-bond acceptors (Lipinski definition) is 0. The van der Waals surface area contributed by atoms with E-state index in [1.165, 1.54) is 51.4 Å². The van der Waals surface area contributed by atoms with Crippen molar-refractivity contribution in [2.24, 2.45) is 0 Å². The van der Waals surface area contributed by atoms with Crippen molar-refractivity contribution in [2.75, 3.05) is 24.6 Å². The Morgan fingerprint density at radius 3 is 0.880 bits per heavy atom. The molecule has 0 fully saturated rings. The van der Waals surface area contributed by atoms with Gasteiger partial charge >= 0.3 is 160 Å². The number of unbranched alkanes of at least 4 members (excludes halogenated alkanes) is 4. The van der Waals surface area contributed by atoms with Gasteiger partial charge in [0.25, 0.3) is 0 Å². The van der Waals surface area contributed by atoms with E-state index in [1.807, 2.05) is 0 Å². The Morgan fingerprint density at radius 2 is 0.680 bits per heavy atom. The Bertz CT molecular complexity index is 309. The van der Waals surface area contributed by atoms with Crippen molar-refractivity contribution >= 4 is 7.26 Å². The Labute approximate surface area is 159 Å². The number of hydrogen-bond donors (Lipinski definition) is 0. The summed E-state index contributed by atoms with van der Waals surface area (Å²) in [5.74, 6) is 0. The van der Waals surface area contributed by atoms with Gasteiger partial charge in [0.2, 0.25) is 0 Å². The average molecular weight is 365 g/mol. The molecule has 0 aromatic carbocycles. The molecule has 146 valence electrons. The molecule has 0 nitrogen and oxygen atoms in total. The summed E-state index contributed by atoms with van der Waals surface area (Å²) in [5, 5.41) is 0. The predicted octanol–water partition coefficient (Wildman–Crippen LogP) is 8.16. The van der Waals surface area contributed by atoms with Gasteiger partial charge in [0.1, 0.15) is 0 Å². The third-order valence-corrected chi connectivity index (χ3v) is 10.9. The Morgan fingerprint density at radius 1 is 0.440 bits per heavy atom. The van der Waals surface area contributed by atoms with E-state index in [9.17, 15) is 0 Å². The molecule has 0 bridgehead atoms. The van der Waals surface area contributed by atoms with Crippen LogP contribution in [0.25, 0.3) is 0 Å². The van der Waals surface area contributed by atoms with Crippen LogP contribution in [0.2, 0.25) is 0 Å². The number of rotatable bonds is 16. The molecule has 0 aromatic heterocycles. The fourth-order valence-electron chi connectivity index (χ4n) is 3.80. The van der Waals surface area contributed by atoms with E-state index in [4.69, 9.17) is 0 Å². The molecular formula is C24H45P. The van der Waals surface area contributed by atoms with Crippen LogP contribution in [0.4, 0.5) is 0 Å². The van der Waals surface area contributed by atoms with Crippen molar-refractivity contribution in [3.05, 3.63) is 48.6 Å². The topological polar surface area (TPSA) is 0 Å². The van der Waals surface area contributed by atoms with Gasteiger partial charge < -0.3 is 0 Å². The molecule has 0 spiro atoms. The predicted molar refractivity (Wildman–Crippen MR) is 124 cm³/mol. The van der Waals surface area contributed by atoms with Crippen LogP contribution in [-0.2, 0) is 0 Å². The van der Waals surface area contributed by atoms with E-state index in [-0.39, 0.29) is 0 Å². The van der Waals surface area contributed by atoms with Crippen molar-refractivity contribution in [3.63, 3.8) is 0 Å². The van der Waals surface area contributed by atoms with Gasteiger partial charge in [0, 0.05) is 0 Å². The quantitative estimate of drug-likeness (QED) is 0.147. The third-order valence-electron chi connectivity index (χ3n) is 5.25. The molecule has 0 aliphatic rings. The standard InChI is InChI=1S/C24H45P/c1-5-9-13-17-21-25(22-18-14-10-6-2,23-19-15-11-7-3)24-20-16-12-8-4/h5-12,25H,13-24H2,1-4H3/b9-5+,10-6+,11-7+,12-8+. The van der Waals surface area contributed by atoms with E-state index >= 15 is 0 Å². The van der Waals surface area contributed by atoms with Crippen molar-refractivity contribution in [1.82, 2.24) is 0 Å². The van der Waals surface area contributed by atoms with Crippen LogP contribution in [0, 0.1) is 0 Å². The molecule has 0 amide bonds. The second-order valence-electron chi connectivity index (χ2n) is 7.35. The summed E-state index contributed by atoms with van der Waals surface area (Å²) in [6.07, 6.45) is 35.2. The molecule has 0 N–H and O–H groups in total. The molecular weight excluding hydrogens is 319 g/mol. The third kappa shape index (κ3) is 14.3. The second kappa shape index (κ2) is 18.2. The second-order valence-corrected chi connectivity index (χ2v) is 12.3. The first-order valence-electron chi connectivity index (χ1n) is 10.7. The fourth-order valence-corrected chi connectivity index (χ4v) is 9.11. The summed E-state index contributed by atoms with van der Waals surface area (Å²) >= 11 is 0. The Balaban J connectivity index is 4.84. The van der Waals surface area contributed by atoms with Gasteiger partial charge in [-0.3, -0.25) is 0 Å². The van der Waals surface area contributed by atoms with Crippen LogP contribution in [0.1, 0.15) is 79.1 Å². The van der Waals surface area contributed by atoms with Crippen LogP contribution >= 0.6 is 7.26 Å². The molecule has 0 rings (SSSR count). The fraction of sp³-hybridized carbons (Fsp3) is 0.667. The van der Waals surface area contributed by atoms with Crippen LogP contribution < -0.4 is 0 Å². The molecule has 25 heavy (non-hydrogen) atoms. The molecule has 0 aliphatic heterocycles. The monoisotopic (exact) mass is 364 g/mol. The molecule has 0 saturated heterocycles. The molecule has 0 saturated carbocycles. The van der Waals surface area contributed by atoms with Crippen molar-refractivity contribution in [1.29, 1.82) is 0 Å². The Hall–Kier alpha value is -0.610. The van der Waals surface area contributed by atoms with Crippen molar-refractivity contribution in [3.8, 4) is 0 Å². The van der Waals surface area contributed by atoms with Crippen molar-refractivity contribution < 1.29 is 0 Å². The van der Waals surface area contributed by atoms with Crippen LogP contribution in [0.15, 0.2) is 48.6 Å². The van der Waals surface area contributed by atoms with Gasteiger partial charge in [0.15, 0.2) is 0 Å². The average Bonchev–Trinajstić information content (AvgIpc) is 2.63. The van der Waals surface area contributed by atoms with Gasteiger partial charge in [-0.2, -0.15) is 0 Å². The molecule has 1 heteroatoms. The van der Waals surface area contributed by atoms with Crippen LogP contribution in [0.5, 0.6) is 0 Å². The Kier molecular flexibility index (Phi) is 17.7. The van der Waals surface area contributed by atoms with Gasteiger partial charge in [-0.15, -0.1) is 0 Å². The van der Waals surface area contributed by atoms with Crippen LogP contribution in [0.3, 0.4) is 0 Å². The molecule has 0 unspecified atom stereocenters. The minimum absolute atomic E-state index is 1.13. The molecule has 0 atom stereocenters. The van der Waals surface area contributed by atoms with E-state index < -0.39 is 7.26 Å². The van der Waals surface area contributed by atoms with Crippen molar-refractivity contribution in [2.45, 2.75) is 79.1 Å². The molecule has 0 radical (unpaired) electrons. The van der Waals surface area contributed by atoms with E-state index in [0.717, 1.165) is 0 Å². The summed E-state index contributed by atoms with van der Waals surface area (Å²) in [5.41, 5.74) is 0. The number of allylic oxidation sites excluding steroid dienone is 8.